The van der Waals surface area contributed by atoms with E-state index in [1.165, 1.54) is 6.07 Å². The van der Waals surface area contributed by atoms with Gasteiger partial charge in [0, 0.05) is 44.4 Å². The number of para-hydroxylation sites is 1. The molecule has 0 saturated heterocycles. The molecule has 22 heavy (non-hydrogen) atoms. The molecule has 2 rings (SSSR count). The van der Waals surface area contributed by atoms with Crippen molar-refractivity contribution in [2.75, 3.05) is 33.4 Å². The Kier molecular flexibility index (Phi) is 6.12. The average Bonchev–Trinajstić information content (AvgIpc) is 2.54. The van der Waals surface area contributed by atoms with Gasteiger partial charge in [-0.05, 0) is 12.1 Å². The molecule has 0 saturated carbocycles. The fourth-order valence-electron chi connectivity index (χ4n) is 2.20. The van der Waals surface area contributed by atoms with Crippen molar-refractivity contribution in [1.82, 2.24) is 15.2 Å². The van der Waals surface area contributed by atoms with Crippen LogP contribution < -0.4 is 16.1 Å². The van der Waals surface area contributed by atoms with Crippen LogP contribution in [0.5, 0.6) is 0 Å². The lowest BCUT2D eigenvalue weighted by atomic mass is 10.2. The monoisotopic (exact) mass is 303 g/mol. The minimum atomic E-state index is -0.0812. The number of benzene rings is 1. The third-order valence-electron chi connectivity index (χ3n) is 3.31. The van der Waals surface area contributed by atoms with E-state index in [9.17, 15) is 9.59 Å². The predicted octanol–water partition coefficient (Wildman–Crippen LogP) is 0.354. The first-order chi connectivity index (χ1) is 10.7. The number of methoxy groups -OCH3 is 1. The molecule has 6 nitrogen and oxygen atoms in total. The van der Waals surface area contributed by atoms with Gasteiger partial charge in [0.2, 0.25) is 5.91 Å². The minimum absolute atomic E-state index is 0.0328. The van der Waals surface area contributed by atoms with Crippen LogP contribution in [-0.2, 0) is 16.1 Å². The van der Waals surface area contributed by atoms with E-state index in [0.717, 1.165) is 12.1 Å². The van der Waals surface area contributed by atoms with Gasteiger partial charge >= 0.3 is 0 Å². The van der Waals surface area contributed by atoms with Gasteiger partial charge in [-0.2, -0.15) is 0 Å². The number of fused-ring (bicyclic) bond motifs is 1. The molecule has 2 N–H and O–H groups in total. The molecule has 0 unspecified atom stereocenters. The lowest BCUT2D eigenvalue weighted by Gasteiger charge is -2.11. The molecule has 0 aliphatic carbocycles. The highest BCUT2D eigenvalue weighted by Crippen LogP contribution is 2.08. The first kappa shape index (κ1) is 16.2. The highest BCUT2D eigenvalue weighted by atomic mass is 16.5. The Morgan fingerprint density at radius 2 is 2.00 bits per heavy atom. The second kappa shape index (κ2) is 8.31. The summed E-state index contributed by atoms with van der Waals surface area (Å²) in [6.45, 7) is 2.85. The topological polar surface area (TPSA) is 72.4 Å². The Bertz CT molecular complexity index is 682. The van der Waals surface area contributed by atoms with Crippen LogP contribution in [0.1, 0.15) is 0 Å². The smallest absolute Gasteiger partial charge is 0.239 e. The standard InChI is InChI=1S/C16H21N3O3/c1-22-11-9-17-7-8-18-16(21)12-19-10-6-15(20)13-4-2-3-5-14(13)19/h2-6,10,17H,7-9,11-12H2,1H3,(H,18,21). The Morgan fingerprint density at radius 3 is 2.82 bits per heavy atom. The Morgan fingerprint density at radius 1 is 1.18 bits per heavy atom. The number of hydrogen-bond donors (Lipinski definition) is 2. The van der Waals surface area contributed by atoms with Crippen LogP contribution in [0.4, 0.5) is 0 Å². The summed E-state index contributed by atoms with van der Waals surface area (Å²) in [6.07, 6.45) is 1.65. The van der Waals surface area contributed by atoms with E-state index in [1.807, 2.05) is 18.2 Å². The van der Waals surface area contributed by atoms with Crippen molar-refractivity contribution in [3.05, 3.63) is 46.8 Å². The molecule has 1 heterocycles. The van der Waals surface area contributed by atoms with E-state index in [2.05, 4.69) is 10.6 Å². The number of carbonyl (C=O) groups is 1. The van der Waals surface area contributed by atoms with Gasteiger partial charge in [0.1, 0.15) is 6.54 Å². The normalized spacial score (nSPS) is 10.8. The Hall–Kier alpha value is -2.18. The van der Waals surface area contributed by atoms with Crippen LogP contribution in [-0.4, -0.2) is 43.8 Å². The number of rotatable bonds is 8. The third-order valence-corrected chi connectivity index (χ3v) is 3.31. The van der Waals surface area contributed by atoms with Gasteiger partial charge in [0.05, 0.1) is 12.1 Å². The molecule has 0 aliphatic rings. The van der Waals surface area contributed by atoms with Gasteiger partial charge in [-0.3, -0.25) is 9.59 Å². The van der Waals surface area contributed by atoms with Crippen molar-refractivity contribution in [3.63, 3.8) is 0 Å². The zero-order chi connectivity index (χ0) is 15.8. The van der Waals surface area contributed by atoms with E-state index in [0.29, 0.717) is 25.1 Å². The maximum absolute atomic E-state index is 12.0. The highest BCUT2D eigenvalue weighted by molar-refractivity contribution is 5.82. The molecule has 1 amide bonds. The van der Waals surface area contributed by atoms with Crippen molar-refractivity contribution < 1.29 is 9.53 Å². The molecule has 0 radical (unpaired) electrons. The minimum Gasteiger partial charge on any atom is -0.383 e. The highest BCUT2D eigenvalue weighted by Gasteiger charge is 2.06. The van der Waals surface area contributed by atoms with Crippen molar-refractivity contribution >= 4 is 16.8 Å². The molecule has 118 valence electrons. The SMILES string of the molecule is COCCNCCNC(=O)Cn1ccc(=O)c2ccccc21. The maximum Gasteiger partial charge on any atom is 0.239 e. The molecular weight excluding hydrogens is 282 g/mol. The zero-order valence-corrected chi connectivity index (χ0v) is 12.7. The summed E-state index contributed by atoms with van der Waals surface area (Å²) in [5, 5.41) is 6.63. The van der Waals surface area contributed by atoms with Crippen molar-refractivity contribution in [2.24, 2.45) is 0 Å². The van der Waals surface area contributed by atoms with Crippen molar-refractivity contribution in [2.45, 2.75) is 6.54 Å². The fourth-order valence-corrected chi connectivity index (χ4v) is 2.20. The van der Waals surface area contributed by atoms with Gasteiger partial charge in [-0.15, -0.1) is 0 Å². The molecule has 0 aliphatic heterocycles. The van der Waals surface area contributed by atoms with Crippen LogP contribution in [0, 0.1) is 0 Å². The van der Waals surface area contributed by atoms with E-state index < -0.39 is 0 Å². The molecule has 0 atom stereocenters. The molecule has 0 spiro atoms. The number of carbonyl (C=O) groups excluding carboxylic acids is 1. The summed E-state index contributed by atoms with van der Waals surface area (Å²) >= 11 is 0. The van der Waals surface area contributed by atoms with Crippen molar-refractivity contribution in [3.8, 4) is 0 Å². The molecule has 6 heteroatoms. The number of pyridine rings is 1. The van der Waals surface area contributed by atoms with Gasteiger partial charge in [-0.25, -0.2) is 0 Å². The summed E-state index contributed by atoms with van der Waals surface area (Å²) in [5.74, 6) is -0.0812. The van der Waals surface area contributed by atoms with Crippen molar-refractivity contribution in [1.29, 1.82) is 0 Å². The predicted molar refractivity (Wildman–Crippen MR) is 86.0 cm³/mol. The zero-order valence-electron chi connectivity index (χ0n) is 12.7. The average molecular weight is 303 g/mol. The summed E-state index contributed by atoms with van der Waals surface area (Å²) in [6, 6.07) is 8.78. The van der Waals surface area contributed by atoms with Crippen LogP contribution in [0.15, 0.2) is 41.3 Å². The molecule has 1 aromatic heterocycles. The first-order valence-electron chi connectivity index (χ1n) is 7.27. The summed E-state index contributed by atoms with van der Waals surface area (Å²) in [7, 11) is 1.65. The van der Waals surface area contributed by atoms with Gasteiger partial charge in [0.25, 0.3) is 0 Å². The molecule has 1 aromatic carbocycles. The van der Waals surface area contributed by atoms with Crippen LogP contribution in [0.3, 0.4) is 0 Å². The second-order valence-corrected chi connectivity index (χ2v) is 4.92. The molecule has 0 bridgehead atoms. The van der Waals surface area contributed by atoms with E-state index in [-0.39, 0.29) is 17.9 Å². The number of ether oxygens (including phenoxy) is 1. The largest absolute Gasteiger partial charge is 0.383 e. The van der Waals surface area contributed by atoms with E-state index in [1.54, 1.807) is 23.9 Å². The maximum atomic E-state index is 12.0. The molecular formula is C16H21N3O3. The quantitative estimate of drug-likeness (QED) is 0.691. The first-order valence-corrected chi connectivity index (χ1v) is 7.27. The lowest BCUT2D eigenvalue weighted by molar-refractivity contribution is -0.121. The van der Waals surface area contributed by atoms with Gasteiger partial charge < -0.3 is 19.9 Å². The number of nitrogens with zero attached hydrogens (tertiary/aromatic N) is 1. The fraction of sp³-hybridized carbons (Fsp3) is 0.375. The summed E-state index contributed by atoms with van der Waals surface area (Å²) < 4.78 is 6.70. The Balaban J connectivity index is 1.90. The number of hydrogen-bond acceptors (Lipinski definition) is 4. The van der Waals surface area contributed by atoms with Crippen LogP contribution >= 0.6 is 0 Å². The molecule has 2 aromatic rings. The molecule has 0 fully saturated rings. The van der Waals surface area contributed by atoms with Gasteiger partial charge in [0.15, 0.2) is 5.43 Å². The second-order valence-electron chi connectivity index (χ2n) is 4.92. The number of aromatic nitrogens is 1. The summed E-state index contributed by atoms with van der Waals surface area (Å²) in [4.78, 5) is 23.7. The van der Waals surface area contributed by atoms with E-state index >= 15 is 0 Å². The lowest BCUT2D eigenvalue weighted by Crippen LogP contribution is -2.35. The van der Waals surface area contributed by atoms with Crippen LogP contribution in [0.2, 0.25) is 0 Å². The summed E-state index contributed by atoms with van der Waals surface area (Å²) in [5.41, 5.74) is 0.734. The van der Waals surface area contributed by atoms with E-state index in [4.69, 9.17) is 4.74 Å². The number of amides is 1. The third kappa shape index (κ3) is 4.41. The number of nitrogens with one attached hydrogen (secondary N) is 2. The van der Waals surface area contributed by atoms with Gasteiger partial charge in [-0.1, -0.05) is 12.1 Å². The van der Waals surface area contributed by atoms with Crippen LogP contribution in [0.25, 0.3) is 10.9 Å². The Labute approximate surface area is 129 Å².